The van der Waals surface area contributed by atoms with Crippen molar-refractivity contribution < 1.29 is 28.6 Å². The summed E-state index contributed by atoms with van der Waals surface area (Å²) in [6.07, 6.45) is 73.0. The van der Waals surface area contributed by atoms with Crippen LogP contribution in [0.5, 0.6) is 0 Å². The Kier molecular flexibility index (Phi) is 58.2. The molecular formula is C65H120O6. The molecule has 0 bridgehead atoms. The van der Waals surface area contributed by atoms with Crippen LogP contribution in [-0.2, 0) is 28.6 Å². The first-order valence-corrected chi connectivity index (χ1v) is 31.5. The van der Waals surface area contributed by atoms with E-state index in [0.717, 1.165) is 89.9 Å². The van der Waals surface area contributed by atoms with Crippen LogP contribution in [0.1, 0.15) is 342 Å². The van der Waals surface area contributed by atoms with E-state index in [-0.39, 0.29) is 31.1 Å². The van der Waals surface area contributed by atoms with Gasteiger partial charge in [0.05, 0.1) is 0 Å². The van der Waals surface area contributed by atoms with Crippen LogP contribution in [0.2, 0.25) is 0 Å². The average Bonchev–Trinajstić information content (AvgIpc) is 3.37. The fourth-order valence-electron chi connectivity index (χ4n) is 9.36. The number of rotatable bonds is 58. The van der Waals surface area contributed by atoms with Crippen LogP contribution in [0.4, 0.5) is 0 Å². The quantitative estimate of drug-likeness (QED) is 0.0261. The Morgan fingerprint density at radius 3 is 0.845 bits per heavy atom. The predicted octanol–water partition coefficient (Wildman–Crippen LogP) is 21.2. The molecule has 71 heavy (non-hydrogen) atoms. The van der Waals surface area contributed by atoms with Crippen molar-refractivity contribution in [1.82, 2.24) is 0 Å². The third-order valence-electron chi connectivity index (χ3n) is 14.1. The highest BCUT2D eigenvalue weighted by atomic mass is 16.6. The van der Waals surface area contributed by atoms with E-state index >= 15 is 0 Å². The van der Waals surface area contributed by atoms with Gasteiger partial charge in [0.15, 0.2) is 6.10 Å². The van der Waals surface area contributed by atoms with Gasteiger partial charge >= 0.3 is 17.9 Å². The number of ether oxygens (including phenoxy) is 3. The molecule has 1 unspecified atom stereocenters. The zero-order valence-electron chi connectivity index (χ0n) is 47.8. The monoisotopic (exact) mass is 997 g/mol. The summed E-state index contributed by atoms with van der Waals surface area (Å²) in [4.78, 5) is 38.2. The summed E-state index contributed by atoms with van der Waals surface area (Å²) in [7, 11) is 0. The Bertz CT molecular complexity index is 1190. The second-order valence-electron chi connectivity index (χ2n) is 21.3. The van der Waals surface area contributed by atoms with Gasteiger partial charge in [-0.2, -0.15) is 0 Å². The number of allylic oxidation sites excluding steroid dienone is 6. The van der Waals surface area contributed by atoms with Gasteiger partial charge in [0.25, 0.3) is 0 Å². The predicted molar refractivity (Wildman–Crippen MR) is 307 cm³/mol. The Morgan fingerprint density at radius 1 is 0.282 bits per heavy atom. The summed E-state index contributed by atoms with van der Waals surface area (Å²) in [6.45, 7) is 6.61. The highest BCUT2D eigenvalue weighted by molar-refractivity contribution is 5.71. The Balaban J connectivity index is 4.25. The first kappa shape index (κ1) is 68.6. The molecule has 0 N–H and O–H groups in total. The third-order valence-corrected chi connectivity index (χ3v) is 14.1. The largest absolute Gasteiger partial charge is 0.462 e. The van der Waals surface area contributed by atoms with Gasteiger partial charge in [0, 0.05) is 19.3 Å². The van der Waals surface area contributed by atoms with Crippen LogP contribution in [0, 0.1) is 0 Å². The van der Waals surface area contributed by atoms with Crippen molar-refractivity contribution in [2.24, 2.45) is 0 Å². The smallest absolute Gasteiger partial charge is 0.306 e. The number of unbranched alkanes of at least 4 members (excludes halogenated alkanes) is 41. The van der Waals surface area contributed by atoms with Crippen molar-refractivity contribution in [3.8, 4) is 0 Å². The van der Waals surface area contributed by atoms with Gasteiger partial charge in [0.2, 0.25) is 0 Å². The molecule has 0 saturated carbocycles. The first-order chi connectivity index (χ1) is 35.0. The maximum absolute atomic E-state index is 12.9. The molecule has 0 aromatic rings. The minimum Gasteiger partial charge on any atom is -0.462 e. The lowest BCUT2D eigenvalue weighted by Gasteiger charge is -2.18. The number of carbonyl (C=O) groups excluding carboxylic acids is 3. The van der Waals surface area contributed by atoms with Crippen molar-refractivity contribution in [3.05, 3.63) is 36.5 Å². The molecule has 0 aromatic heterocycles. The second kappa shape index (κ2) is 60.2. The normalized spacial score (nSPS) is 12.2. The molecule has 0 spiro atoms. The molecule has 0 saturated heterocycles. The fourth-order valence-corrected chi connectivity index (χ4v) is 9.36. The molecule has 0 aliphatic carbocycles. The van der Waals surface area contributed by atoms with E-state index in [9.17, 15) is 14.4 Å². The van der Waals surface area contributed by atoms with Crippen LogP contribution in [-0.4, -0.2) is 37.2 Å². The number of hydrogen-bond donors (Lipinski definition) is 0. The summed E-state index contributed by atoms with van der Waals surface area (Å²) < 4.78 is 16.9. The van der Waals surface area contributed by atoms with E-state index < -0.39 is 6.10 Å². The van der Waals surface area contributed by atoms with Crippen LogP contribution < -0.4 is 0 Å². The van der Waals surface area contributed by atoms with Gasteiger partial charge in [-0.25, -0.2) is 0 Å². The number of hydrogen-bond acceptors (Lipinski definition) is 6. The van der Waals surface area contributed by atoms with E-state index in [1.54, 1.807) is 0 Å². The van der Waals surface area contributed by atoms with Gasteiger partial charge < -0.3 is 14.2 Å². The maximum atomic E-state index is 12.9. The SMILES string of the molecule is CCC/C=C\C/C=C\CCCCCCCC(=O)OCC(COC(=O)CCCCCCCCCCCCCCCCCCCCCCCCCC)OC(=O)CCCCCCC/C=C\CCCCCCCCC. The van der Waals surface area contributed by atoms with E-state index in [1.165, 1.54) is 212 Å². The molecule has 0 radical (unpaired) electrons. The molecule has 0 aliphatic heterocycles. The summed E-state index contributed by atoms with van der Waals surface area (Å²) >= 11 is 0. The maximum Gasteiger partial charge on any atom is 0.306 e. The molecule has 416 valence electrons. The summed E-state index contributed by atoms with van der Waals surface area (Å²) in [5.74, 6) is -0.879. The minimum atomic E-state index is -0.780. The number of carbonyl (C=O) groups is 3. The van der Waals surface area contributed by atoms with Crippen molar-refractivity contribution in [1.29, 1.82) is 0 Å². The molecule has 0 rings (SSSR count). The van der Waals surface area contributed by atoms with Crippen LogP contribution in [0.15, 0.2) is 36.5 Å². The van der Waals surface area contributed by atoms with Gasteiger partial charge in [-0.15, -0.1) is 0 Å². The molecule has 1 atom stereocenters. The summed E-state index contributed by atoms with van der Waals surface area (Å²) in [5.41, 5.74) is 0. The van der Waals surface area contributed by atoms with Crippen LogP contribution >= 0.6 is 0 Å². The van der Waals surface area contributed by atoms with Gasteiger partial charge in [-0.1, -0.05) is 288 Å². The van der Waals surface area contributed by atoms with E-state index in [0.29, 0.717) is 19.3 Å². The lowest BCUT2D eigenvalue weighted by atomic mass is 10.0. The zero-order chi connectivity index (χ0) is 51.4. The minimum absolute atomic E-state index is 0.0762. The van der Waals surface area contributed by atoms with E-state index in [2.05, 4.69) is 57.2 Å². The standard InChI is InChI=1S/C65H120O6/c1-4-7-10-13-16-19-22-25-27-29-30-31-32-33-34-35-36-38-40-43-46-49-52-55-58-64(67)70-61-62(60-69-63(66)57-54-51-48-45-42-39-24-21-18-15-12-9-6-3)71-65(68)59-56-53-50-47-44-41-37-28-26-23-20-17-14-11-8-5-2/h12,15,21,24,28,37,62H,4-11,13-14,16-20,22-23,25-27,29-36,38-61H2,1-3H3/b15-12-,24-21-,37-28-. The summed E-state index contributed by atoms with van der Waals surface area (Å²) in [6, 6.07) is 0. The van der Waals surface area contributed by atoms with Gasteiger partial charge in [0.1, 0.15) is 13.2 Å². The van der Waals surface area contributed by atoms with Crippen molar-refractivity contribution >= 4 is 17.9 Å². The topological polar surface area (TPSA) is 78.9 Å². The van der Waals surface area contributed by atoms with Crippen LogP contribution in [0.25, 0.3) is 0 Å². The number of esters is 3. The second-order valence-corrected chi connectivity index (χ2v) is 21.3. The lowest BCUT2D eigenvalue weighted by molar-refractivity contribution is -0.167. The Morgan fingerprint density at radius 2 is 0.535 bits per heavy atom. The Hall–Kier alpha value is -2.37. The summed E-state index contributed by atoms with van der Waals surface area (Å²) in [5, 5.41) is 0. The highest BCUT2D eigenvalue weighted by Gasteiger charge is 2.19. The van der Waals surface area contributed by atoms with Crippen LogP contribution in [0.3, 0.4) is 0 Å². The van der Waals surface area contributed by atoms with E-state index in [1.807, 2.05) is 0 Å². The highest BCUT2D eigenvalue weighted by Crippen LogP contribution is 2.17. The average molecular weight is 998 g/mol. The van der Waals surface area contributed by atoms with Crippen molar-refractivity contribution in [2.45, 2.75) is 348 Å². The molecule has 0 amide bonds. The molecule has 0 aliphatic rings. The first-order valence-electron chi connectivity index (χ1n) is 31.5. The van der Waals surface area contributed by atoms with Crippen molar-refractivity contribution in [3.63, 3.8) is 0 Å². The molecule has 0 aromatic carbocycles. The molecule has 6 heteroatoms. The molecule has 0 heterocycles. The Labute approximate surface area is 442 Å². The van der Waals surface area contributed by atoms with Gasteiger partial charge in [-0.3, -0.25) is 14.4 Å². The molecule has 6 nitrogen and oxygen atoms in total. The lowest BCUT2D eigenvalue weighted by Crippen LogP contribution is -2.30. The molecule has 0 fully saturated rings. The van der Waals surface area contributed by atoms with Crippen molar-refractivity contribution in [2.75, 3.05) is 13.2 Å². The fraction of sp³-hybridized carbons (Fsp3) is 0.862. The zero-order valence-corrected chi connectivity index (χ0v) is 47.8. The third kappa shape index (κ3) is 58.4. The van der Waals surface area contributed by atoms with Gasteiger partial charge in [-0.05, 0) is 70.6 Å². The molecular weight excluding hydrogens is 877 g/mol. The van der Waals surface area contributed by atoms with E-state index in [4.69, 9.17) is 14.2 Å².